The Labute approximate surface area is 120 Å². The Bertz CT molecular complexity index is 426. The van der Waals surface area contributed by atoms with Crippen LogP contribution in [0.2, 0.25) is 0 Å². The van der Waals surface area contributed by atoms with E-state index >= 15 is 0 Å². The second-order valence-electron chi connectivity index (χ2n) is 4.90. The highest BCUT2D eigenvalue weighted by Crippen LogP contribution is 2.32. The van der Waals surface area contributed by atoms with Crippen LogP contribution in [0.4, 0.5) is 0 Å². The van der Waals surface area contributed by atoms with E-state index in [4.69, 9.17) is 19.9 Å². The highest BCUT2D eigenvalue weighted by Gasteiger charge is 2.16. The lowest BCUT2D eigenvalue weighted by Crippen LogP contribution is -2.34. The minimum absolute atomic E-state index is 0.0392. The fraction of sp³-hybridized carbons (Fsp3) is 0.600. The number of benzene rings is 1. The van der Waals surface area contributed by atoms with Crippen molar-refractivity contribution in [2.75, 3.05) is 46.6 Å². The van der Waals surface area contributed by atoms with Crippen LogP contribution in [0.5, 0.6) is 11.5 Å². The van der Waals surface area contributed by atoms with Gasteiger partial charge in [-0.15, -0.1) is 0 Å². The van der Waals surface area contributed by atoms with Crippen LogP contribution < -0.4 is 15.2 Å². The van der Waals surface area contributed by atoms with Gasteiger partial charge in [0, 0.05) is 26.2 Å². The molecule has 0 radical (unpaired) electrons. The minimum Gasteiger partial charge on any atom is -0.486 e. The number of hydrogen-bond donors (Lipinski definition) is 1. The first-order valence-corrected chi connectivity index (χ1v) is 7.11. The molecule has 2 rings (SSSR count). The standard InChI is InChI=1S/C15H24N2O3/c1-3-17(6-7-18-2)11-13(16)12-4-5-14-15(10-12)20-9-8-19-14/h4-5,10,13H,3,6-9,11,16H2,1-2H3. The highest BCUT2D eigenvalue weighted by molar-refractivity contribution is 5.44. The summed E-state index contributed by atoms with van der Waals surface area (Å²) in [5.41, 5.74) is 7.37. The van der Waals surface area contributed by atoms with Gasteiger partial charge in [-0.25, -0.2) is 0 Å². The second-order valence-corrected chi connectivity index (χ2v) is 4.90. The van der Waals surface area contributed by atoms with Crippen molar-refractivity contribution in [3.8, 4) is 11.5 Å². The Balaban J connectivity index is 1.99. The smallest absolute Gasteiger partial charge is 0.161 e. The lowest BCUT2D eigenvalue weighted by Gasteiger charge is -2.25. The van der Waals surface area contributed by atoms with Crippen LogP contribution in [0.1, 0.15) is 18.5 Å². The van der Waals surface area contributed by atoms with E-state index in [2.05, 4.69) is 11.8 Å². The zero-order valence-corrected chi connectivity index (χ0v) is 12.3. The fourth-order valence-corrected chi connectivity index (χ4v) is 2.27. The third-order valence-corrected chi connectivity index (χ3v) is 3.51. The van der Waals surface area contributed by atoms with Gasteiger partial charge in [-0.2, -0.15) is 0 Å². The summed E-state index contributed by atoms with van der Waals surface area (Å²) in [6, 6.07) is 5.91. The molecule has 1 aromatic carbocycles. The van der Waals surface area contributed by atoms with Gasteiger partial charge in [0.1, 0.15) is 13.2 Å². The van der Waals surface area contributed by atoms with Gasteiger partial charge in [-0.05, 0) is 24.2 Å². The normalized spacial score (nSPS) is 15.4. The van der Waals surface area contributed by atoms with Crippen LogP contribution in [0, 0.1) is 0 Å². The summed E-state index contributed by atoms with van der Waals surface area (Å²) in [6.07, 6.45) is 0. The zero-order valence-electron chi connectivity index (χ0n) is 12.3. The van der Waals surface area contributed by atoms with Gasteiger partial charge >= 0.3 is 0 Å². The molecule has 1 aliphatic rings. The molecule has 1 aromatic rings. The molecule has 2 N–H and O–H groups in total. The summed E-state index contributed by atoms with van der Waals surface area (Å²) in [6.45, 7) is 6.72. The van der Waals surface area contributed by atoms with Crippen LogP contribution in [-0.4, -0.2) is 51.5 Å². The lowest BCUT2D eigenvalue weighted by molar-refractivity contribution is 0.147. The van der Waals surface area contributed by atoms with Gasteiger partial charge in [-0.3, -0.25) is 4.90 Å². The molecule has 0 saturated carbocycles. The Kier molecular flexibility index (Phi) is 5.64. The van der Waals surface area contributed by atoms with E-state index in [1.807, 2.05) is 18.2 Å². The van der Waals surface area contributed by atoms with Gasteiger partial charge in [0.2, 0.25) is 0 Å². The number of fused-ring (bicyclic) bond motifs is 1. The average molecular weight is 280 g/mol. The molecular formula is C15H24N2O3. The van der Waals surface area contributed by atoms with Gasteiger partial charge in [0.05, 0.1) is 6.61 Å². The van der Waals surface area contributed by atoms with E-state index in [-0.39, 0.29) is 6.04 Å². The predicted molar refractivity (Wildman–Crippen MR) is 78.4 cm³/mol. The molecule has 1 aliphatic heterocycles. The molecular weight excluding hydrogens is 256 g/mol. The van der Waals surface area contributed by atoms with Gasteiger partial charge in [-0.1, -0.05) is 13.0 Å². The van der Waals surface area contributed by atoms with Crippen LogP contribution in [0.3, 0.4) is 0 Å². The number of likely N-dealkylation sites (N-methyl/N-ethyl adjacent to an activating group) is 1. The number of nitrogens with zero attached hydrogens (tertiary/aromatic N) is 1. The minimum atomic E-state index is -0.0392. The van der Waals surface area contributed by atoms with E-state index in [9.17, 15) is 0 Å². The molecule has 0 aromatic heterocycles. The Morgan fingerprint density at radius 3 is 2.75 bits per heavy atom. The molecule has 0 amide bonds. The van der Waals surface area contributed by atoms with Gasteiger partial charge in [0.15, 0.2) is 11.5 Å². The monoisotopic (exact) mass is 280 g/mol. The summed E-state index contributed by atoms with van der Waals surface area (Å²) in [7, 11) is 1.72. The maximum Gasteiger partial charge on any atom is 0.161 e. The summed E-state index contributed by atoms with van der Waals surface area (Å²) in [5.74, 6) is 1.60. The first-order valence-electron chi connectivity index (χ1n) is 7.11. The van der Waals surface area contributed by atoms with Crippen molar-refractivity contribution in [1.82, 2.24) is 4.90 Å². The SMILES string of the molecule is CCN(CCOC)CC(N)c1ccc2c(c1)OCCO2. The molecule has 0 fully saturated rings. The first-order chi connectivity index (χ1) is 9.74. The summed E-state index contributed by atoms with van der Waals surface area (Å²) in [4.78, 5) is 2.28. The molecule has 1 heterocycles. The van der Waals surface area contributed by atoms with E-state index in [0.717, 1.165) is 43.3 Å². The number of ether oxygens (including phenoxy) is 3. The predicted octanol–water partition coefficient (Wildman–Crippen LogP) is 1.43. The van der Waals surface area contributed by atoms with Crippen molar-refractivity contribution in [3.05, 3.63) is 23.8 Å². The maximum absolute atomic E-state index is 6.30. The summed E-state index contributed by atoms with van der Waals surface area (Å²) in [5, 5.41) is 0. The number of rotatable bonds is 7. The molecule has 5 heteroatoms. The Morgan fingerprint density at radius 1 is 1.30 bits per heavy atom. The molecule has 1 unspecified atom stereocenters. The largest absolute Gasteiger partial charge is 0.486 e. The van der Waals surface area contributed by atoms with Crippen molar-refractivity contribution in [2.24, 2.45) is 5.73 Å². The average Bonchev–Trinajstić information content (AvgIpc) is 2.50. The summed E-state index contributed by atoms with van der Waals surface area (Å²) < 4.78 is 16.2. The van der Waals surface area contributed by atoms with Crippen LogP contribution >= 0.6 is 0 Å². The number of hydrogen-bond acceptors (Lipinski definition) is 5. The third-order valence-electron chi connectivity index (χ3n) is 3.51. The topological polar surface area (TPSA) is 57.0 Å². The van der Waals surface area contributed by atoms with Gasteiger partial charge in [0.25, 0.3) is 0 Å². The zero-order chi connectivity index (χ0) is 14.4. The van der Waals surface area contributed by atoms with Crippen LogP contribution in [-0.2, 0) is 4.74 Å². The quantitative estimate of drug-likeness (QED) is 0.819. The second kappa shape index (κ2) is 7.47. The molecule has 5 nitrogen and oxygen atoms in total. The fourth-order valence-electron chi connectivity index (χ4n) is 2.27. The molecule has 112 valence electrons. The molecule has 0 spiro atoms. The third kappa shape index (κ3) is 3.85. The molecule has 0 aliphatic carbocycles. The Morgan fingerprint density at radius 2 is 2.05 bits per heavy atom. The van der Waals surface area contributed by atoms with Gasteiger partial charge < -0.3 is 19.9 Å². The van der Waals surface area contributed by atoms with E-state index in [1.54, 1.807) is 7.11 Å². The Hall–Kier alpha value is -1.30. The molecule has 0 bridgehead atoms. The molecule has 0 saturated heterocycles. The number of nitrogens with two attached hydrogens (primary N) is 1. The van der Waals surface area contributed by atoms with Crippen molar-refractivity contribution in [1.29, 1.82) is 0 Å². The molecule has 1 atom stereocenters. The van der Waals surface area contributed by atoms with Crippen molar-refractivity contribution < 1.29 is 14.2 Å². The van der Waals surface area contributed by atoms with Crippen molar-refractivity contribution in [3.63, 3.8) is 0 Å². The van der Waals surface area contributed by atoms with E-state index < -0.39 is 0 Å². The maximum atomic E-state index is 6.30. The lowest BCUT2D eigenvalue weighted by atomic mass is 10.1. The van der Waals surface area contributed by atoms with E-state index in [1.165, 1.54) is 0 Å². The van der Waals surface area contributed by atoms with Crippen LogP contribution in [0.15, 0.2) is 18.2 Å². The molecule has 20 heavy (non-hydrogen) atoms. The van der Waals surface area contributed by atoms with Crippen LogP contribution in [0.25, 0.3) is 0 Å². The number of methoxy groups -OCH3 is 1. The van der Waals surface area contributed by atoms with Crippen molar-refractivity contribution >= 4 is 0 Å². The van der Waals surface area contributed by atoms with Crippen molar-refractivity contribution in [2.45, 2.75) is 13.0 Å². The first kappa shape index (κ1) is 15.1. The highest BCUT2D eigenvalue weighted by atomic mass is 16.6. The van der Waals surface area contributed by atoms with E-state index in [0.29, 0.717) is 13.2 Å². The summed E-state index contributed by atoms with van der Waals surface area (Å²) >= 11 is 0.